The number of carbonyl (C=O) groups is 1. The third-order valence-electron chi connectivity index (χ3n) is 2.83. The summed E-state index contributed by atoms with van der Waals surface area (Å²) in [6.07, 6.45) is 1.83. The summed E-state index contributed by atoms with van der Waals surface area (Å²) in [5.41, 5.74) is -0.844. The van der Waals surface area contributed by atoms with Crippen molar-refractivity contribution < 1.29 is 14.6 Å². The van der Waals surface area contributed by atoms with E-state index in [4.69, 9.17) is 4.74 Å². The maximum absolute atomic E-state index is 12.2. The lowest BCUT2D eigenvalue weighted by Gasteiger charge is -2.19. The topological polar surface area (TPSA) is 93.5 Å². The van der Waals surface area contributed by atoms with Gasteiger partial charge in [-0.05, 0) is 13.2 Å². The van der Waals surface area contributed by atoms with Gasteiger partial charge in [0.1, 0.15) is 12.4 Å². The average Bonchev–Trinajstić information content (AvgIpc) is 2.38. The number of amides is 1. The number of nitrogens with zero attached hydrogens (tertiary/aromatic N) is 2. The zero-order valence-corrected chi connectivity index (χ0v) is 11.5. The molecule has 1 aliphatic rings. The molecule has 104 valence electrons. The van der Waals surface area contributed by atoms with Gasteiger partial charge in [0.2, 0.25) is 5.88 Å². The summed E-state index contributed by atoms with van der Waals surface area (Å²) < 4.78 is 6.51. The van der Waals surface area contributed by atoms with Crippen molar-refractivity contribution in [3.63, 3.8) is 0 Å². The molecule has 0 fully saturated rings. The number of carbonyl (C=O) groups excluding carboxylic acids is 1. The van der Waals surface area contributed by atoms with Crippen LogP contribution in [0.2, 0.25) is 0 Å². The fourth-order valence-corrected chi connectivity index (χ4v) is 1.99. The van der Waals surface area contributed by atoms with Gasteiger partial charge >= 0.3 is 0 Å². The van der Waals surface area contributed by atoms with Crippen molar-refractivity contribution in [1.82, 2.24) is 14.9 Å². The van der Waals surface area contributed by atoms with Crippen molar-refractivity contribution in [3.05, 3.63) is 21.7 Å². The smallest absolute Gasteiger partial charge is 0.270 e. The minimum atomic E-state index is -0.612. The molecular formula is C11H15N3O4S. The maximum atomic E-state index is 12.2. The molecule has 0 bridgehead atoms. The Labute approximate surface area is 114 Å². The summed E-state index contributed by atoms with van der Waals surface area (Å²) in [5.74, 6) is -0.825. The summed E-state index contributed by atoms with van der Waals surface area (Å²) >= 11 is 1.43. The van der Waals surface area contributed by atoms with Gasteiger partial charge in [-0.25, -0.2) is 0 Å². The number of hydrogen-bond donors (Lipinski definition) is 2. The minimum absolute atomic E-state index is 0.157. The summed E-state index contributed by atoms with van der Waals surface area (Å²) in [4.78, 5) is 28.0. The molecule has 8 heteroatoms. The first-order valence-electron chi connectivity index (χ1n) is 5.78. The number of hydrogen-bond acceptors (Lipinski definition) is 6. The van der Waals surface area contributed by atoms with Crippen LogP contribution in [0.15, 0.2) is 4.79 Å². The lowest BCUT2D eigenvalue weighted by Crippen LogP contribution is -2.39. The highest BCUT2D eigenvalue weighted by atomic mass is 32.2. The number of nitrogens with one attached hydrogen (secondary N) is 1. The van der Waals surface area contributed by atoms with E-state index in [0.29, 0.717) is 19.0 Å². The Morgan fingerprint density at radius 2 is 2.37 bits per heavy atom. The molecule has 1 aromatic rings. The van der Waals surface area contributed by atoms with Crippen LogP contribution in [0.3, 0.4) is 0 Å². The largest absolute Gasteiger partial charge is 0.493 e. The van der Waals surface area contributed by atoms with Crippen LogP contribution in [0.1, 0.15) is 23.1 Å². The Balaban J connectivity index is 2.41. The molecule has 1 amide bonds. The molecule has 1 aliphatic heterocycles. The zero-order valence-electron chi connectivity index (χ0n) is 10.7. The minimum Gasteiger partial charge on any atom is -0.493 e. The van der Waals surface area contributed by atoms with Gasteiger partial charge in [0, 0.05) is 0 Å². The number of aromatic nitrogens is 2. The highest BCUT2D eigenvalue weighted by Gasteiger charge is 2.24. The third-order valence-corrected chi connectivity index (χ3v) is 3.66. The number of fused-ring (bicyclic) bond motifs is 1. The van der Waals surface area contributed by atoms with Crippen molar-refractivity contribution in [2.75, 3.05) is 12.9 Å². The van der Waals surface area contributed by atoms with Crippen LogP contribution in [-0.2, 0) is 17.9 Å². The van der Waals surface area contributed by atoms with E-state index in [0.717, 1.165) is 0 Å². The average molecular weight is 285 g/mol. The number of rotatable bonds is 3. The van der Waals surface area contributed by atoms with Gasteiger partial charge in [-0.1, -0.05) is 0 Å². The number of thioether (sulfide) groups is 1. The van der Waals surface area contributed by atoms with E-state index in [9.17, 15) is 14.7 Å². The molecule has 19 heavy (non-hydrogen) atoms. The molecule has 2 rings (SSSR count). The Bertz CT molecular complexity index is 558. The van der Waals surface area contributed by atoms with Crippen LogP contribution in [0, 0.1) is 0 Å². The molecule has 1 aromatic heterocycles. The second-order valence-electron chi connectivity index (χ2n) is 4.09. The molecule has 0 aromatic carbocycles. The lowest BCUT2D eigenvalue weighted by atomic mass is 10.2. The summed E-state index contributed by atoms with van der Waals surface area (Å²) in [6, 6.07) is 0. The molecular weight excluding hydrogens is 270 g/mol. The quantitative estimate of drug-likeness (QED) is 0.754. The maximum Gasteiger partial charge on any atom is 0.270 e. The van der Waals surface area contributed by atoms with E-state index in [2.05, 4.69) is 10.3 Å². The van der Waals surface area contributed by atoms with Crippen molar-refractivity contribution in [2.24, 2.45) is 0 Å². The monoisotopic (exact) mass is 285 g/mol. The molecule has 0 aliphatic carbocycles. The molecule has 2 N–H and O–H groups in total. The molecule has 7 nitrogen and oxygen atoms in total. The normalized spacial score (nSPS) is 15.7. The molecule has 1 atom stereocenters. The van der Waals surface area contributed by atoms with E-state index < -0.39 is 17.3 Å². The standard InChI is InChI=1S/C11H15N3O4S/c1-6(19-2)12-9(15)8-10(16)13-7-5-18-4-3-14(7)11(8)17/h6,16H,3-5H2,1-2H3,(H,12,15). The first-order valence-corrected chi connectivity index (χ1v) is 7.07. The van der Waals surface area contributed by atoms with Crippen LogP contribution in [0.25, 0.3) is 0 Å². The van der Waals surface area contributed by atoms with Crippen LogP contribution in [0.4, 0.5) is 0 Å². The van der Waals surface area contributed by atoms with Gasteiger partial charge < -0.3 is 15.2 Å². The van der Waals surface area contributed by atoms with Crippen molar-refractivity contribution in [3.8, 4) is 5.88 Å². The van der Waals surface area contributed by atoms with Gasteiger partial charge in [-0.3, -0.25) is 14.2 Å². The molecule has 0 spiro atoms. The van der Waals surface area contributed by atoms with Crippen molar-refractivity contribution in [2.45, 2.75) is 25.4 Å². The van der Waals surface area contributed by atoms with E-state index in [1.807, 2.05) is 6.26 Å². The Kier molecular flexibility index (Phi) is 4.11. The second-order valence-corrected chi connectivity index (χ2v) is 5.27. The van der Waals surface area contributed by atoms with E-state index in [1.54, 1.807) is 6.92 Å². The SMILES string of the molecule is CSC(C)NC(=O)c1c(O)nc2n(c1=O)CCOC2. The Morgan fingerprint density at radius 1 is 1.63 bits per heavy atom. The molecule has 1 unspecified atom stereocenters. The van der Waals surface area contributed by atoms with Crippen LogP contribution < -0.4 is 10.9 Å². The molecule has 2 heterocycles. The summed E-state index contributed by atoms with van der Waals surface area (Å²) in [7, 11) is 0. The van der Waals surface area contributed by atoms with E-state index in [-0.39, 0.29) is 17.5 Å². The van der Waals surface area contributed by atoms with Gasteiger partial charge in [0.05, 0.1) is 18.5 Å². The van der Waals surface area contributed by atoms with Crippen molar-refractivity contribution >= 4 is 17.7 Å². The summed E-state index contributed by atoms with van der Waals surface area (Å²) in [6.45, 7) is 2.67. The summed E-state index contributed by atoms with van der Waals surface area (Å²) in [5, 5.41) is 12.2. The van der Waals surface area contributed by atoms with Crippen LogP contribution in [0.5, 0.6) is 5.88 Å². The van der Waals surface area contributed by atoms with Gasteiger partial charge in [-0.15, -0.1) is 11.8 Å². The first-order chi connectivity index (χ1) is 9.04. The fourth-order valence-electron chi connectivity index (χ4n) is 1.76. The zero-order chi connectivity index (χ0) is 14.0. The van der Waals surface area contributed by atoms with Gasteiger partial charge in [-0.2, -0.15) is 4.98 Å². The lowest BCUT2D eigenvalue weighted by molar-refractivity contribution is 0.0763. The Morgan fingerprint density at radius 3 is 3.05 bits per heavy atom. The molecule has 0 saturated carbocycles. The van der Waals surface area contributed by atoms with E-state index in [1.165, 1.54) is 16.3 Å². The van der Waals surface area contributed by atoms with E-state index >= 15 is 0 Å². The molecule has 0 saturated heterocycles. The van der Waals surface area contributed by atoms with Crippen molar-refractivity contribution in [1.29, 1.82) is 0 Å². The number of aromatic hydroxyl groups is 1. The van der Waals surface area contributed by atoms with Crippen LogP contribution in [-0.4, -0.2) is 38.8 Å². The predicted molar refractivity (Wildman–Crippen MR) is 70.3 cm³/mol. The van der Waals surface area contributed by atoms with Crippen LogP contribution >= 0.6 is 11.8 Å². The predicted octanol–water partition coefficient (Wildman–Crippen LogP) is -0.0821. The highest BCUT2D eigenvalue weighted by Crippen LogP contribution is 2.14. The Hall–Kier alpha value is -1.54. The third kappa shape index (κ3) is 2.74. The van der Waals surface area contributed by atoms with Gasteiger partial charge in [0.15, 0.2) is 5.56 Å². The fraction of sp³-hybridized carbons (Fsp3) is 0.545. The number of ether oxygens (including phenoxy) is 1. The molecule has 0 radical (unpaired) electrons. The highest BCUT2D eigenvalue weighted by molar-refractivity contribution is 7.99. The van der Waals surface area contributed by atoms with Gasteiger partial charge in [0.25, 0.3) is 11.5 Å². The second kappa shape index (κ2) is 5.62. The first kappa shape index (κ1) is 13.9.